The molecule has 18 heavy (non-hydrogen) atoms. The Morgan fingerprint density at radius 3 is 2.56 bits per heavy atom. The van der Waals surface area contributed by atoms with Crippen molar-refractivity contribution in [2.24, 2.45) is 17.5 Å². The number of amides is 2. The minimum absolute atomic E-state index is 0.0948. The molecule has 0 spiro atoms. The maximum absolute atomic E-state index is 12.0. The smallest absolute Gasteiger partial charge is 0.254 e. The van der Waals surface area contributed by atoms with Gasteiger partial charge in [-0.2, -0.15) is 0 Å². The number of anilines is 1. The van der Waals surface area contributed by atoms with Crippen LogP contribution in [0.3, 0.4) is 0 Å². The number of nitrogens with one attached hydrogen (secondary N) is 2. The summed E-state index contributed by atoms with van der Waals surface area (Å²) in [6, 6.07) is 0.777. The van der Waals surface area contributed by atoms with Crippen LogP contribution >= 0.6 is 0 Å². The van der Waals surface area contributed by atoms with Crippen LogP contribution in [0.15, 0.2) is 18.5 Å². The summed E-state index contributed by atoms with van der Waals surface area (Å²) in [4.78, 5) is 27.1. The van der Waals surface area contributed by atoms with Crippen molar-refractivity contribution in [2.45, 2.75) is 19.9 Å². The number of carbonyl (C=O) groups excluding carboxylic acids is 2. The summed E-state index contributed by atoms with van der Waals surface area (Å²) in [5.41, 5.74) is 8.28. The van der Waals surface area contributed by atoms with Crippen molar-refractivity contribution in [3.8, 4) is 0 Å². The standard InChI is InChI=1S/C11H17N5O2/c1-6(2)9(10(12)17)15-11(18)7-3-4-14-5-8(7)16-13/h3-6,9,16H,13H2,1-2H3,(H2,12,17)(H,15,18). The minimum atomic E-state index is -0.726. The second-order valence-corrected chi connectivity index (χ2v) is 4.16. The van der Waals surface area contributed by atoms with Crippen molar-refractivity contribution in [3.05, 3.63) is 24.0 Å². The minimum Gasteiger partial charge on any atom is -0.368 e. The first kappa shape index (κ1) is 13.9. The Hall–Kier alpha value is -2.15. The highest BCUT2D eigenvalue weighted by Crippen LogP contribution is 2.12. The van der Waals surface area contributed by atoms with E-state index < -0.39 is 17.9 Å². The number of nitrogens with two attached hydrogens (primary N) is 2. The van der Waals surface area contributed by atoms with E-state index in [0.29, 0.717) is 11.3 Å². The van der Waals surface area contributed by atoms with E-state index in [9.17, 15) is 9.59 Å². The van der Waals surface area contributed by atoms with Crippen LogP contribution in [0.2, 0.25) is 0 Å². The van der Waals surface area contributed by atoms with Crippen molar-refractivity contribution < 1.29 is 9.59 Å². The first-order chi connectivity index (χ1) is 8.47. The summed E-state index contributed by atoms with van der Waals surface area (Å²) in [6.07, 6.45) is 2.88. The molecule has 0 aliphatic rings. The van der Waals surface area contributed by atoms with Gasteiger partial charge in [-0.3, -0.25) is 20.4 Å². The van der Waals surface area contributed by atoms with Gasteiger partial charge in [0.05, 0.1) is 17.4 Å². The number of primary amides is 1. The van der Waals surface area contributed by atoms with E-state index in [1.165, 1.54) is 18.5 Å². The lowest BCUT2D eigenvalue weighted by Gasteiger charge is -2.19. The van der Waals surface area contributed by atoms with E-state index in [1.54, 1.807) is 13.8 Å². The van der Waals surface area contributed by atoms with Gasteiger partial charge >= 0.3 is 0 Å². The van der Waals surface area contributed by atoms with Gasteiger partial charge < -0.3 is 16.5 Å². The third kappa shape index (κ3) is 3.17. The molecule has 0 saturated heterocycles. The molecule has 0 saturated carbocycles. The van der Waals surface area contributed by atoms with Gasteiger partial charge in [-0.05, 0) is 12.0 Å². The van der Waals surface area contributed by atoms with Crippen molar-refractivity contribution >= 4 is 17.5 Å². The average molecular weight is 251 g/mol. The number of rotatable bonds is 5. The number of hydrogen-bond acceptors (Lipinski definition) is 5. The Balaban J connectivity index is 2.90. The van der Waals surface area contributed by atoms with Crippen LogP contribution in [0, 0.1) is 5.92 Å². The zero-order valence-electron chi connectivity index (χ0n) is 10.3. The molecular weight excluding hydrogens is 234 g/mol. The number of carbonyl (C=O) groups is 2. The maximum Gasteiger partial charge on any atom is 0.254 e. The quantitative estimate of drug-likeness (QED) is 0.419. The highest BCUT2D eigenvalue weighted by molar-refractivity contribution is 6.01. The zero-order valence-corrected chi connectivity index (χ0v) is 10.3. The van der Waals surface area contributed by atoms with E-state index in [2.05, 4.69) is 15.7 Å². The molecule has 0 bridgehead atoms. The first-order valence-corrected chi connectivity index (χ1v) is 5.48. The number of hydrogen-bond donors (Lipinski definition) is 4. The van der Waals surface area contributed by atoms with Gasteiger partial charge in [-0.15, -0.1) is 0 Å². The van der Waals surface area contributed by atoms with E-state index >= 15 is 0 Å². The molecule has 98 valence electrons. The second kappa shape index (κ2) is 5.97. The van der Waals surface area contributed by atoms with E-state index in [4.69, 9.17) is 11.6 Å². The molecule has 1 heterocycles. The van der Waals surface area contributed by atoms with Gasteiger partial charge in [0.1, 0.15) is 6.04 Å². The normalized spacial score (nSPS) is 12.0. The Morgan fingerprint density at radius 2 is 2.06 bits per heavy atom. The van der Waals surface area contributed by atoms with Gasteiger partial charge in [0.2, 0.25) is 5.91 Å². The largest absolute Gasteiger partial charge is 0.368 e. The van der Waals surface area contributed by atoms with Crippen LogP contribution in [0.4, 0.5) is 5.69 Å². The monoisotopic (exact) mass is 251 g/mol. The van der Waals surface area contributed by atoms with Crippen molar-refractivity contribution in [2.75, 3.05) is 5.43 Å². The van der Waals surface area contributed by atoms with Gasteiger partial charge in [0.25, 0.3) is 5.91 Å². The Morgan fingerprint density at radius 1 is 1.39 bits per heavy atom. The van der Waals surface area contributed by atoms with Crippen LogP contribution in [-0.4, -0.2) is 22.8 Å². The van der Waals surface area contributed by atoms with E-state index in [-0.39, 0.29) is 5.92 Å². The summed E-state index contributed by atoms with van der Waals surface area (Å²) >= 11 is 0. The molecule has 0 aliphatic carbocycles. The lowest BCUT2D eigenvalue weighted by atomic mass is 10.0. The van der Waals surface area contributed by atoms with Crippen molar-refractivity contribution in [1.82, 2.24) is 10.3 Å². The lowest BCUT2D eigenvalue weighted by molar-refractivity contribution is -0.120. The molecule has 6 N–H and O–H groups in total. The molecule has 0 aliphatic heterocycles. The van der Waals surface area contributed by atoms with Crippen LogP contribution in [0.1, 0.15) is 24.2 Å². The number of nitrogens with zero attached hydrogens (tertiary/aromatic N) is 1. The lowest BCUT2D eigenvalue weighted by Crippen LogP contribution is -2.47. The van der Waals surface area contributed by atoms with Crippen molar-refractivity contribution in [3.63, 3.8) is 0 Å². The third-order valence-corrected chi connectivity index (χ3v) is 2.48. The van der Waals surface area contributed by atoms with Crippen LogP contribution in [0.25, 0.3) is 0 Å². The van der Waals surface area contributed by atoms with Gasteiger partial charge in [0, 0.05) is 6.20 Å². The van der Waals surface area contributed by atoms with Crippen LogP contribution in [-0.2, 0) is 4.79 Å². The molecule has 7 nitrogen and oxygen atoms in total. The fourth-order valence-corrected chi connectivity index (χ4v) is 1.49. The van der Waals surface area contributed by atoms with E-state index in [0.717, 1.165) is 0 Å². The third-order valence-electron chi connectivity index (χ3n) is 2.48. The predicted molar refractivity (Wildman–Crippen MR) is 67.3 cm³/mol. The Bertz CT molecular complexity index is 447. The van der Waals surface area contributed by atoms with Crippen LogP contribution < -0.4 is 22.3 Å². The number of hydrazine groups is 1. The molecule has 0 radical (unpaired) electrons. The maximum atomic E-state index is 12.0. The molecule has 0 fully saturated rings. The molecule has 1 unspecified atom stereocenters. The molecule has 2 amide bonds. The highest BCUT2D eigenvalue weighted by atomic mass is 16.2. The summed E-state index contributed by atoms with van der Waals surface area (Å²) in [6.45, 7) is 3.59. The SMILES string of the molecule is CC(C)C(NC(=O)c1ccncc1NN)C(N)=O. The predicted octanol–water partition coefficient (Wildman–Crippen LogP) is -0.393. The second-order valence-electron chi connectivity index (χ2n) is 4.16. The van der Waals surface area contributed by atoms with Gasteiger partial charge in [-0.25, -0.2) is 0 Å². The molecule has 1 aromatic heterocycles. The summed E-state index contributed by atoms with van der Waals surface area (Å²) in [5.74, 6) is 4.18. The van der Waals surface area contributed by atoms with Gasteiger partial charge in [0.15, 0.2) is 0 Å². The Labute approximate surface area is 105 Å². The van der Waals surface area contributed by atoms with Gasteiger partial charge in [-0.1, -0.05) is 13.8 Å². The number of pyridine rings is 1. The summed E-state index contributed by atoms with van der Waals surface area (Å²) < 4.78 is 0. The van der Waals surface area contributed by atoms with E-state index in [1.807, 2.05) is 0 Å². The molecular formula is C11H17N5O2. The molecule has 1 rings (SSSR count). The average Bonchev–Trinajstić information content (AvgIpc) is 2.34. The van der Waals surface area contributed by atoms with Crippen molar-refractivity contribution in [1.29, 1.82) is 0 Å². The molecule has 1 atom stereocenters. The molecule has 0 aromatic carbocycles. The zero-order chi connectivity index (χ0) is 13.7. The molecule has 1 aromatic rings. The topological polar surface area (TPSA) is 123 Å². The fraction of sp³-hybridized carbons (Fsp3) is 0.364. The summed E-state index contributed by atoms with van der Waals surface area (Å²) in [5, 5.41) is 2.57. The first-order valence-electron chi connectivity index (χ1n) is 5.48. The van der Waals surface area contributed by atoms with Crippen LogP contribution in [0.5, 0.6) is 0 Å². The number of nitrogen functional groups attached to an aromatic ring is 1. The Kier molecular flexibility index (Phi) is 4.61. The fourth-order valence-electron chi connectivity index (χ4n) is 1.49. The molecule has 7 heteroatoms. The highest BCUT2D eigenvalue weighted by Gasteiger charge is 2.23. The number of aromatic nitrogens is 1. The summed E-state index contributed by atoms with van der Waals surface area (Å²) in [7, 11) is 0.